The van der Waals surface area contributed by atoms with E-state index in [9.17, 15) is 9.90 Å². The standard InChI is InChI=1S/C25H23N7O2/c1-2-23(33)27-13-16-5-7-17(8-6-16)25(34)28-14-18-12-20-19(9-11-26-24(20)31-18)21-15-30-32-22(21)4-3-10-29-32/h2-12,15,23,27,33H,1,13-14H2,(H,26,31)(H,28,34). The molecule has 4 heterocycles. The van der Waals surface area contributed by atoms with Crippen molar-refractivity contribution in [3.63, 3.8) is 0 Å². The van der Waals surface area contributed by atoms with Crippen LogP contribution in [0.1, 0.15) is 21.6 Å². The number of aromatic amines is 1. The molecule has 9 heteroatoms. The summed E-state index contributed by atoms with van der Waals surface area (Å²) in [5, 5.41) is 24.9. The van der Waals surface area contributed by atoms with Crippen LogP contribution in [0.3, 0.4) is 0 Å². The van der Waals surface area contributed by atoms with E-state index in [1.54, 1.807) is 35.4 Å². The van der Waals surface area contributed by atoms with Crippen molar-refractivity contribution in [3.8, 4) is 11.1 Å². The molecule has 1 aromatic carbocycles. The lowest BCUT2D eigenvalue weighted by Gasteiger charge is -2.09. The molecule has 4 N–H and O–H groups in total. The van der Waals surface area contributed by atoms with E-state index in [0.29, 0.717) is 18.7 Å². The van der Waals surface area contributed by atoms with Crippen LogP contribution < -0.4 is 10.6 Å². The second kappa shape index (κ2) is 9.26. The van der Waals surface area contributed by atoms with Gasteiger partial charge in [0.1, 0.15) is 11.9 Å². The highest BCUT2D eigenvalue weighted by Crippen LogP contribution is 2.30. The lowest BCUT2D eigenvalue weighted by molar-refractivity contribution is 0.0950. The van der Waals surface area contributed by atoms with Gasteiger partial charge in [0.05, 0.1) is 18.3 Å². The number of pyridine rings is 1. The lowest BCUT2D eigenvalue weighted by Crippen LogP contribution is -2.26. The van der Waals surface area contributed by atoms with Crippen LogP contribution in [0.2, 0.25) is 0 Å². The van der Waals surface area contributed by atoms with Gasteiger partial charge in [0.2, 0.25) is 0 Å². The monoisotopic (exact) mass is 453 g/mol. The van der Waals surface area contributed by atoms with E-state index >= 15 is 0 Å². The summed E-state index contributed by atoms with van der Waals surface area (Å²) in [7, 11) is 0. The minimum atomic E-state index is -0.765. The predicted molar refractivity (Wildman–Crippen MR) is 129 cm³/mol. The van der Waals surface area contributed by atoms with E-state index < -0.39 is 6.23 Å². The molecule has 0 radical (unpaired) electrons. The lowest BCUT2D eigenvalue weighted by atomic mass is 10.1. The van der Waals surface area contributed by atoms with E-state index in [2.05, 4.69) is 37.4 Å². The molecule has 0 saturated carbocycles. The quantitative estimate of drug-likeness (QED) is 0.212. The average Bonchev–Trinajstić information content (AvgIpc) is 3.50. The zero-order valence-electron chi connectivity index (χ0n) is 18.3. The second-order valence-electron chi connectivity index (χ2n) is 7.81. The Kier molecular flexibility index (Phi) is 5.86. The van der Waals surface area contributed by atoms with Crippen LogP contribution in [0.25, 0.3) is 27.7 Å². The Hall–Kier alpha value is -4.34. The summed E-state index contributed by atoms with van der Waals surface area (Å²) in [5.41, 5.74) is 5.96. The number of fused-ring (bicyclic) bond motifs is 2. The maximum Gasteiger partial charge on any atom is 0.251 e. The van der Waals surface area contributed by atoms with E-state index in [1.165, 1.54) is 6.08 Å². The van der Waals surface area contributed by atoms with Crippen molar-refractivity contribution in [2.24, 2.45) is 0 Å². The van der Waals surface area contributed by atoms with Gasteiger partial charge >= 0.3 is 0 Å². The molecule has 5 aromatic rings. The van der Waals surface area contributed by atoms with Crippen molar-refractivity contribution < 1.29 is 9.90 Å². The predicted octanol–water partition coefficient (Wildman–Crippen LogP) is 2.80. The number of hydrogen-bond donors (Lipinski definition) is 4. The first-order chi connectivity index (χ1) is 16.6. The minimum absolute atomic E-state index is 0.175. The largest absolute Gasteiger partial charge is 0.375 e. The first-order valence-corrected chi connectivity index (χ1v) is 10.8. The number of nitrogens with zero attached hydrogens (tertiary/aromatic N) is 4. The number of aliphatic hydroxyl groups excluding tert-OH is 1. The van der Waals surface area contributed by atoms with E-state index in [0.717, 1.165) is 38.9 Å². The number of hydrogen-bond acceptors (Lipinski definition) is 6. The Labute approximate surface area is 195 Å². The summed E-state index contributed by atoms with van der Waals surface area (Å²) in [4.78, 5) is 20.4. The third-order valence-electron chi connectivity index (χ3n) is 5.58. The van der Waals surface area contributed by atoms with Gasteiger partial charge in [0.15, 0.2) is 0 Å². The molecule has 4 aromatic heterocycles. The van der Waals surface area contributed by atoms with Gasteiger partial charge in [0, 0.05) is 41.1 Å². The molecule has 1 atom stereocenters. The van der Waals surface area contributed by atoms with Crippen LogP contribution >= 0.6 is 0 Å². The van der Waals surface area contributed by atoms with E-state index in [1.807, 2.05) is 36.4 Å². The zero-order chi connectivity index (χ0) is 23.5. The molecule has 0 spiro atoms. The molecule has 0 aliphatic rings. The van der Waals surface area contributed by atoms with Crippen LogP contribution in [0.5, 0.6) is 0 Å². The van der Waals surface area contributed by atoms with Crippen LogP contribution in [-0.2, 0) is 13.1 Å². The first kappa shape index (κ1) is 21.5. The fourth-order valence-electron chi connectivity index (χ4n) is 3.81. The van der Waals surface area contributed by atoms with Gasteiger partial charge in [-0.2, -0.15) is 14.8 Å². The number of benzene rings is 1. The molecule has 9 nitrogen and oxygen atoms in total. The molecule has 34 heavy (non-hydrogen) atoms. The molecule has 0 fully saturated rings. The van der Waals surface area contributed by atoms with Crippen molar-refractivity contribution in [1.82, 2.24) is 35.4 Å². The highest BCUT2D eigenvalue weighted by atomic mass is 16.3. The summed E-state index contributed by atoms with van der Waals surface area (Å²) in [6, 6.07) is 15.0. The molecule has 5 rings (SSSR count). The SMILES string of the molecule is C=CC(O)NCc1ccc(C(=O)NCc2cc3c(-c4cnn5ncccc45)ccnc3[nH]2)cc1. The molecule has 0 aliphatic heterocycles. The molecular formula is C25H23N7O2. The number of H-pyrrole nitrogens is 1. The Morgan fingerprint density at radius 3 is 2.79 bits per heavy atom. The minimum Gasteiger partial charge on any atom is -0.375 e. The molecule has 170 valence electrons. The van der Waals surface area contributed by atoms with Crippen molar-refractivity contribution in [2.75, 3.05) is 0 Å². The molecule has 0 aliphatic carbocycles. The van der Waals surface area contributed by atoms with Crippen molar-refractivity contribution in [1.29, 1.82) is 0 Å². The first-order valence-electron chi connectivity index (χ1n) is 10.8. The topological polar surface area (TPSA) is 120 Å². The number of carbonyl (C=O) groups excluding carboxylic acids is 1. The van der Waals surface area contributed by atoms with Gasteiger partial charge in [-0.25, -0.2) is 4.98 Å². The number of aromatic nitrogens is 5. The van der Waals surface area contributed by atoms with Gasteiger partial charge < -0.3 is 15.4 Å². The molecule has 0 saturated heterocycles. The molecule has 0 bridgehead atoms. The van der Waals surface area contributed by atoms with Gasteiger partial charge in [-0.1, -0.05) is 18.7 Å². The summed E-state index contributed by atoms with van der Waals surface area (Å²) in [6.07, 6.45) is 5.89. The summed E-state index contributed by atoms with van der Waals surface area (Å²) < 4.78 is 1.60. The Morgan fingerprint density at radius 2 is 1.97 bits per heavy atom. The smallest absolute Gasteiger partial charge is 0.251 e. The van der Waals surface area contributed by atoms with Gasteiger partial charge in [0.25, 0.3) is 5.91 Å². The van der Waals surface area contributed by atoms with Crippen LogP contribution in [0, 0.1) is 0 Å². The van der Waals surface area contributed by atoms with Crippen molar-refractivity contribution >= 4 is 22.5 Å². The normalized spacial score (nSPS) is 12.1. The number of amides is 1. The molecule has 1 unspecified atom stereocenters. The summed E-state index contributed by atoms with van der Waals surface area (Å²) in [5.74, 6) is -0.175. The van der Waals surface area contributed by atoms with E-state index in [4.69, 9.17) is 0 Å². The Morgan fingerprint density at radius 1 is 1.12 bits per heavy atom. The summed E-state index contributed by atoms with van der Waals surface area (Å²) in [6.45, 7) is 4.33. The fraction of sp³-hybridized carbons (Fsp3) is 0.120. The Bertz CT molecular complexity index is 1470. The van der Waals surface area contributed by atoms with Crippen LogP contribution in [0.4, 0.5) is 0 Å². The molecular weight excluding hydrogens is 430 g/mol. The fourth-order valence-corrected chi connectivity index (χ4v) is 3.81. The maximum absolute atomic E-state index is 12.6. The van der Waals surface area contributed by atoms with Crippen molar-refractivity contribution in [2.45, 2.75) is 19.3 Å². The average molecular weight is 454 g/mol. The number of carbonyl (C=O) groups is 1. The van der Waals surface area contributed by atoms with E-state index in [-0.39, 0.29) is 5.91 Å². The molecule has 1 amide bonds. The van der Waals surface area contributed by atoms with Crippen LogP contribution in [0.15, 0.2) is 79.8 Å². The highest BCUT2D eigenvalue weighted by molar-refractivity contribution is 5.98. The summed E-state index contributed by atoms with van der Waals surface area (Å²) >= 11 is 0. The Balaban J connectivity index is 1.30. The number of rotatable bonds is 8. The van der Waals surface area contributed by atoms with Gasteiger partial charge in [-0.3, -0.25) is 10.1 Å². The number of nitrogens with one attached hydrogen (secondary N) is 3. The second-order valence-corrected chi connectivity index (χ2v) is 7.81. The van der Waals surface area contributed by atoms with Crippen LogP contribution in [-0.4, -0.2) is 42.0 Å². The van der Waals surface area contributed by atoms with Crippen molar-refractivity contribution in [3.05, 3.63) is 96.6 Å². The highest BCUT2D eigenvalue weighted by Gasteiger charge is 2.14. The van der Waals surface area contributed by atoms with Gasteiger partial charge in [-0.15, -0.1) is 0 Å². The number of aliphatic hydroxyl groups is 1. The maximum atomic E-state index is 12.6. The zero-order valence-corrected chi connectivity index (χ0v) is 18.3. The third-order valence-corrected chi connectivity index (χ3v) is 5.58. The van der Waals surface area contributed by atoms with Gasteiger partial charge in [-0.05, 0) is 53.6 Å². The third kappa shape index (κ3) is 4.29.